The van der Waals surface area contributed by atoms with Crippen LogP contribution in [0.15, 0.2) is 40.2 Å². The molecule has 6 heteroatoms. The number of methoxy groups -OCH3 is 1. The number of hydrogen-bond donors (Lipinski definition) is 1. The molecule has 1 aromatic carbocycles. The van der Waals surface area contributed by atoms with Crippen molar-refractivity contribution in [1.82, 2.24) is 9.88 Å². The smallest absolute Gasteiger partial charge is 0.250 e. The van der Waals surface area contributed by atoms with Crippen molar-refractivity contribution in [1.29, 1.82) is 0 Å². The van der Waals surface area contributed by atoms with Crippen molar-refractivity contribution < 1.29 is 9.53 Å². The molecule has 0 bridgehead atoms. The maximum absolute atomic E-state index is 12.6. The molecule has 1 aromatic heterocycles. The fourth-order valence-corrected chi connectivity index (χ4v) is 4.85. The largest absolute Gasteiger partial charge is 0.497 e. The predicted molar refractivity (Wildman–Crippen MR) is 123 cm³/mol. The lowest BCUT2D eigenvalue weighted by Gasteiger charge is -2.25. The molecule has 1 atom stereocenters. The Kier molecular flexibility index (Phi) is 6.25. The van der Waals surface area contributed by atoms with E-state index in [0.29, 0.717) is 12.5 Å². The molecular formula is C25H31N3O3. The molecule has 0 radical (unpaired) electrons. The SMILES string of the molecule is CCNC(=O)C[C@H]1N=C(C2CCCCC2)c2cc(OC)ccc2-c2cn(C)c(=O)cc21. The van der Waals surface area contributed by atoms with Crippen molar-refractivity contribution in [3.05, 3.63) is 51.9 Å². The second kappa shape index (κ2) is 9.08. The summed E-state index contributed by atoms with van der Waals surface area (Å²) in [6, 6.07) is 7.35. The summed E-state index contributed by atoms with van der Waals surface area (Å²) < 4.78 is 7.14. The summed E-state index contributed by atoms with van der Waals surface area (Å²) in [6.45, 7) is 2.49. The first kappa shape index (κ1) is 21.3. The summed E-state index contributed by atoms with van der Waals surface area (Å²) in [5.41, 5.74) is 4.86. The van der Waals surface area contributed by atoms with Crippen LogP contribution >= 0.6 is 0 Å². The molecule has 1 amide bonds. The normalized spacial score (nSPS) is 18.4. The predicted octanol–water partition coefficient (Wildman–Crippen LogP) is 4.01. The zero-order valence-electron chi connectivity index (χ0n) is 18.6. The first-order chi connectivity index (χ1) is 15.0. The molecule has 1 fully saturated rings. The van der Waals surface area contributed by atoms with E-state index in [0.717, 1.165) is 46.6 Å². The highest BCUT2D eigenvalue weighted by atomic mass is 16.5. The van der Waals surface area contributed by atoms with Crippen LogP contribution in [-0.2, 0) is 11.8 Å². The van der Waals surface area contributed by atoms with E-state index in [4.69, 9.17) is 9.73 Å². The van der Waals surface area contributed by atoms with Gasteiger partial charge in [-0.05, 0) is 49.1 Å². The van der Waals surface area contributed by atoms with Crippen molar-refractivity contribution in [2.45, 2.75) is 51.5 Å². The molecule has 31 heavy (non-hydrogen) atoms. The Morgan fingerprint density at radius 2 is 1.94 bits per heavy atom. The molecule has 1 N–H and O–H groups in total. The van der Waals surface area contributed by atoms with Crippen molar-refractivity contribution in [2.24, 2.45) is 18.0 Å². The molecule has 1 saturated carbocycles. The van der Waals surface area contributed by atoms with Crippen LogP contribution in [0.2, 0.25) is 0 Å². The Morgan fingerprint density at radius 1 is 1.16 bits per heavy atom. The van der Waals surface area contributed by atoms with Crippen LogP contribution in [0.5, 0.6) is 5.75 Å². The number of fused-ring (bicyclic) bond motifs is 3. The van der Waals surface area contributed by atoms with Crippen molar-refractivity contribution in [3.63, 3.8) is 0 Å². The molecule has 1 aliphatic carbocycles. The summed E-state index contributed by atoms with van der Waals surface area (Å²) in [5.74, 6) is 1.09. The molecule has 2 heterocycles. The minimum Gasteiger partial charge on any atom is -0.497 e. The number of benzene rings is 1. The van der Waals surface area contributed by atoms with E-state index in [1.165, 1.54) is 19.3 Å². The Bertz CT molecular complexity index is 1060. The number of nitrogens with one attached hydrogen (secondary N) is 1. The quantitative estimate of drug-likeness (QED) is 0.793. The van der Waals surface area contributed by atoms with Crippen LogP contribution in [0.1, 0.15) is 62.6 Å². The number of aliphatic imine (C=N–C) groups is 1. The Morgan fingerprint density at radius 3 is 2.65 bits per heavy atom. The number of hydrogen-bond acceptors (Lipinski definition) is 4. The minimum atomic E-state index is -0.384. The van der Waals surface area contributed by atoms with E-state index in [9.17, 15) is 9.59 Å². The van der Waals surface area contributed by atoms with Gasteiger partial charge in [-0.3, -0.25) is 14.6 Å². The molecular weight excluding hydrogens is 390 g/mol. The Labute approximate surface area is 183 Å². The van der Waals surface area contributed by atoms with Crippen LogP contribution in [0.25, 0.3) is 11.1 Å². The van der Waals surface area contributed by atoms with Gasteiger partial charge in [-0.1, -0.05) is 19.3 Å². The average Bonchev–Trinajstić information content (AvgIpc) is 2.90. The lowest BCUT2D eigenvalue weighted by Crippen LogP contribution is -2.26. The second-order valence-corrected chi connectivity index (χ2v) is 8.53. The number of carbonyl (C=O) groups is 1. The number of nitrogens with zero attached hydrogens (tertiary/aromatic N) is 2. The van der Waals surface area contributed by atoms with E-state index < -0.39 is 0 Å². The van der Waals surface area contributed by atoms with E-state index in [2.05, 4.69) is 17.4 Å². The fraction of sp³-hybridized carbons (Fsp3) is 0.480. The first-order valence-electron chi connectivity index (χ1n) is 11.3. The lowest BCUT2D eigenvalue weighted by atomic mass is 9.81. The Hall–Kier alpha value is -2.89. The molecule has 164 valence electrons. The third-order valence-corrected chi connectivity index (χ3v) is 6.45. The summed E-state index contributed by atoms with van der Waals surface area (Å²) >= 11 is 0. The molecule has 6 nitrogen and oxygen atoms in total. The standard InChI is InChI=1S/C25H31N3O3/c1-4-26-23(29)14-22-19-13-24(30)28(2)15-21(19)18-11-10-17(31-3)12-20(18)25(27-22)16-8-6-5-7-9-16/h10-13,15-16,22H,4-9,14H2,1-3H3,(H,26,29)/t22-/m1/s1. The number of rotatable bonds is 5. The molecule has 0 unspecified atom stereocenters. The van der Waals surface area contributed by atoms with Gasteiger partial charge in [0.15, 0.2) is 0 Å². The molecule has 0 spiro atoms. The topological polar surface area (TPSA) is 72.7 Å². The van der Waals surface area contributed by atoms with Crippen molar-refractivity contribution in [3.8, 4) is 16.9 Å². The molecule has 2 aromatic rings. The van der Waals surface area contributed by atoms with E-state index in [1.807, 2.05) is 19.2 Å². The number of ether oxygens (including phenoxy) is 1. The van der Waals surface area contributed by atoms with Gasteiger partial charge in [0.1, 0.15) is 5.75 Å². The van der Waals surface area contributed by atoms with Gasteiger partial charge < -0.3 is 14.6 Å². The van der Waals surface area contributed by atoms with Crippen LogP contribution < -0.4 is 15.6 Å². The van der Waals surface area contributed by atoms with E-state index in [-0.39, 0.29) is 23.9 Å². The van der Waals surface area contributed by atoms with Crippen molar-refractivity contribution >= 4 is 11.6 Å². The average molecular weight is 422 g/mol. The van der Waals surface area contributed by atoms with Crippen LogP contribution in [0, 0.1) is 5.92 Å². The van der Waals surface area contributed by atoms with Gasteiger partial charge in [0.2, 0.25) is 5.91 Å². The number of aryl methyl sites for hydroxylation is 1. The van der Waals surface area contributed by atoms with Crippen LogP contribution in [0.4, 0.5) is 0 Å². The monoisotopic (exact) mass is 421 g/mol. The third-order valence-electron chi connectivity index (χ3n) is 6.45. The number of aromatic nitrogens is 1. The number of carbonyl (C=O) groups excluding carboxylic acids is 1. The minimum absolute atomic E-state index is 0.0468. The summed E-state index contributed by atoms with van der Waals surface area (Å²) in [4.78, 5) is 30.3. The Balaban J connectivity index is 1.94. The van der Waals surface area contributed by atoms with Gasteiger partial charge in [0.25, 0.3) is 5.56 Å². The zero-order chi connectivity index (χ0) is 22.0. The van der Waals surface area contributed by atoms with E-state index in [1.54, 1.807) is 24.8 Å². The summed E-state index contributed by atoms with van der Waals surface area (Å²) in [7, 11) is 3.43. The lowest BCUT2D eigenvalue weighted by molar-refractivity contribution is -0.121. The molecule has 1 aliphatic heterocycles. The van der Waals surface area contributed by atoms with E-state index >= 15 is 0 Å². The third kappa shape index (κ3) is 4.29. The van der Waals surface area contributed by atoms with Crippen LogP contribution in [0.3, 0.4) is 0 Å². The summed E-state index contributed by atoms with van der Waals surface area (Å²) in [6.07, 6.45) is 7.95. The first-order valence-corrected chi connectivity index (χ1v) is 11.3. The molecule has 2 aliphatic rings. The molecule has 0 saturated heterocycles. The highest BCUT2D eigenvalue weighted by molar-refractivity contribution is 6.09. The fourth-order valence-electron chi connectivity index (χ4n) is 4.85. The van der Waals surface area contributed by atoms with Gasteiger partial charge in [-0.2, -0.15) is 0 Å². The maximum Gasteiger partial charge on any atom is 0.250 e. The van der Waals surface area contributed by atoms with Gasteiger partial charge in [-0.15, -0.1) is 0 Å². The number of amides is 1. The van der Waals surface area contributed by atoms with Gasteiger partial charge in [0.05, 0.1) is 19.6 Å². The highest BCUT2D eigenvalue weighted by Crippen LogP contribution is 2.41. The van der Waals surface area contributed by atoms with Crippen LogP contribution in [-0.4, -0.2) is 29.8 Å². The highest BCUT2D eigenvalue weighted by Gasteiger charge is 2.31. The number of pyridine rings is 1. The molecule has 4 rings (SSSR count). The van der Waals surface area contributed by atoms with Gasteiger partial charge >= 0.3 is 0 Å². The second-order valence-electron chi connectivity index (χ2n) is 8.53. The van der Waals surface area contributed by atoms with Gasteiger partial charge in [0, 0.05) is 48.6 Å². The van der Waals surface area contributed by atoms with Gasteiger partial charge in [-0.25, -0.2) is 0 Å². The van der Waals surface area contributed by atoms with Crippen molar-refractivity contribution in [2.75, 3.05) is 13.7 Å². The zero-order valence-corrected chi connectivity index (χ0v) is 18.6. The summed E-state index contributed by atoms with van der Waals surface area (Å²) in [5, 5.41) is 2.89. The maximum atomic E-state index is 12.6.